The first-order valence-corrected chi connectivity index (χ1v) is 5.46. The van der Waals surface area contributed by atoms with Crippen molar-refractivity contribution in [2.45, 2.75) is 25.8 Å². The Balaban J connectivity index is 2.84. The van der Waals surface area contributed by atoms with Crippen molar-refractivity contribution in [2.24, 2.45) is 0 Å². The first-order chi connectivity index (χ1) is 7.11. The summed E-state index contributed by atoms with van der Waals surface area (Å²) >= 11 is 5.75. The predicted octanol–water partition coefficient (Wildman–Crippen LogP) is 1.66. The SMILES string of the molecule is CCN(C)C(=O)C(C)n1cncc1CCl. The smallest absolute Gasteiger partial charge is 0.245 e. The Hall–Kier alpha value is -1.03. The molecule has 0 N–H and O–H groups in total. The van der Waals surface area contributed by atoms with Crippen LogP contribution in [-0.4, -0.2) is 34.0 Å². The quantitative estimate of drug-likeness (QED) is 0.737. The minimum Gasteiger partial charge on any atom is -0.344 e. The third-order valence-corrected chi connectivity index (χ3v) is 2.78. The molecule has 0 radical (unpaired) electrons. The van der Waals surface area contributed by atoms with E-state index in [2.05, 4.69) is 4.98 Å². The Bertz CT molecular complexity index is 337. The zero-order valence-corrected chi connectivity index (χ0v) is 10.0. The van der Waals surface area contributed by atoms with Gasteiger partial charge < -0.3 is 9.47 Å². The van der Waals surface area contributed by atoms with Crippen molar-refractivity contribution in [3.63, 3.8) is 0 Å². The highest BCUT2D eigenvalue weighted by atomic mass is 35.5. The van der Waals surface area contributed by atoms with E-state index in [1.807, 2.05) is 18.4 Å². The first kappa shape index (κ1) is 12.0. The molecule has 0 bridgehead atoms. The number of halogens is 1. The highest BCUT2D eigenvalue weighted by Gasteiger charge is 2.19. The van der Waals surface area contributed by atoms with Crippen LogP contribution in [0.15, 0.2) is 12.5 Å². The monoisotopic (exact) mass is 229 g/mol. The number of imidazole rings is 1. The molecule has 1 aromatic heterocycles. The van der Waals surface area contributed by atoms with Crippen LogP contribution in [0.25, 0.3) is 0 Å². The topological polar surface area (TPSA) is 38.1 Å². The summed E-state index contributed by atoms with van der Waals surface area (Å²) in [4.78, 5) is 17.5. The van der Waals surface area contributed by atoms with Gasteiger partial charge in [-0.05, 0) is 13.8 Å². The average Bonchev–Trinajstić information content (AvgIpc) is 2.73. The van der Waals surface area contributed by atoms with Gasteiger partial charge in [0.15, 0.2) is 0 Å². The van der Waals surface area contributed by atoms with Gasteiger partial charge in [-0.3, -0.25) is 4.79 Å². The highest BCUT2D eigenvalue weighted by Crippen LogP contribution is 2.13. The molecule has 84 valence electrons. The highest BCUT2D eigenvalue weighted by molar-refractivity contribution is 6.16. The maximum Gasteiger partial charge on any atom is 0.245 e. The second-order valence-corrected chi connectivity index (χ2v) is 3.72. The number of carbonyl (C=O) groups is 1. The van der Waals surface area contributed by atoms with Gasteiger partial charge in [0.05, 0.1) is 17.9 Å². The number of nitrogens with zero attached hydrogens (tertiary/aromatic N) is 3. The lowest BCUT2D eigenvalue weighted by Gasteiger charge is -2.21. The maximum absolute atomic E-state index is 11.9. The Morgan fingerprint density at radius 3 is 2.93 bits per heavy atom. The lowest BCUT2D eigenvalue weighted by Crippen LogP contribution is -2.33. The number of alkyl halides is 1. The van der Waals surface area contributed by atoms with Crippen LogP contribution < -0.4 is 0 Å². The van der Waals surface area contributed by atoms with Gasteiger partial charge in [0, 0.05) is 19.8 Å². The Kier molecular flexibility index (Phi) is 4.15. The van der Waals surface area contributed by atoms with Crippen LogP contribution in [0.4, 0.5) is 0 Å². The zero-order chi connectivity index (χ0) is 11.4. The number of rotatable bonds is 4. The Morgan fingerprint density at radius 2 is 2.40 bits per heavy atom. The summed E-state index contributed by atoms with van der Waals surface area (Å²) < 4.78 is 1.81. The summed E-state index contributed by atoms with van der Waals surface area (Å²) in [5.41, 5.74) is 0.863. The molecular weight excluding hydrogens is 214 g/mol. The molecule has 15 heavy (non-hydrogen) atoms. The summed E-state index contributed by atoms with van der Waals surface area (Å²) in [6, 6.07) is -0.244. The van der Waals surface area contributed by atoms with Crippen molar-refractivity contribution in [1.82, 2.24) is 14.5 Å². The lowest BCUT2D eigenvalue weighted by atomic mass is 10.3. The van der Waals surface area contributed by atoms with Crippen LogP contribution in [0, 0.1) is 0 Å². The Morgan fingerprint density at radius 1 is 1.73 bits per heavy atom. The van der Waals surface area contributed by atoms with E-state index in [0.717, 1.165) is 5.69 Å². The van der Waals surface area contributed by atoms with E-state index in [-0.39, 0.29) is 11.9 Å². The second-order valence-electron chi connectivity index (χ2n) is 3.45. The van der Waals surface area contributed by atoms with Gasteiger partial charge in [-0.25, -0.2) is 4.98 Å². The van der Waals surface area contributed by atoms with Crippen LogP contribution >= 0.6 is 11.6 Å². The predicted molar refractivity (Wildman–Crippen MR) is 59.8 cm³/mol. The van der Waals surface area contributed by atoms with Crippen molar-refractivity contribution in [2.75, 3.05) is 13.6 Å². The summed E-state index contributed by atoms with van der Waals surface area (Å²) in [6.07, 6.45) is 3.33. The third kappa shape index (κ3) is 2.50. The molecule has 1 unspecified atom stereocenters. The molecule has 0 fully saturated rings. The van der Waals surface area contributed by atoms with Crippen LogP contribution in [0.1, 0.15) is 25.6 Å². The van der Waals surface area contributed by atoms with Gasteiger partial charge in [-0.15, -0.1) is 11.6 Å². The molecule has 0 aromatic carbocycles. The number of aromatic nitrogens is 2. The van der Waals surface area contributed by atoms with Crippen molar-refractivity contribution >= 4 is 17.5 Å². The van der Waals surface area contributed by atoms with E-state index in [1.54, 1.807) is 24.5 Å². The van der Waals surface area contributed by atoms with E-state index >= 15 is 0 Å². The van der Waals surface area contributed by atoms with E-state index in [1.165, 1.54) is 0 Å². The van der Waals surface area contributed by atoms with Crippen molar-refractivity contribution in [3.8, 4) is 0 Å². The molecule has 0 saturated carbocycles. The number of hydrogen-bond donors (Lipinski definition) is 0. The van der Waals surface area contributed by atoms with Crippen LogP contribution in [0.5, 0.6) is 0 Å². The molecule has 0 saturated heterocycles. The molecule has 1 rings (SSSR count). The summed E-state index contributed by atoms with van der Waals surface area (Å²) in [5.74, 6) is 0.440. The molecule has 4 nitrogen and oxygen atoms in total. The van der Waals surface area contributed by atoms with Crippen LogP contribution in [-0.2, 0) is 10.7 Å². The molecule has 0 aliphatic carbocycles. The molecule has 0 aliphatic rings. The molecule has 0 aliphatic heterocycles. The fraction of sp³-hybridized carbons (Fsp3) is 0.600. The van der Waals surface area contributed by atoms with E-state index < -0.39 is 0 Å². The van der Waals surface area contributed by atoms with Crippen LogP contribution in [0.3, 0.4) is 0 Å². The van der Waals surface area contributed by atoms with Gasteiger partial charge in [0.2, 0.25) is 5.91 Å². The number of amides is 1. The standard InChI is InChI=1S/C10H16ClN3O/c1-4-13(3)10(15)8(2)14-7-12-6-9(14)5-11/h6-8H,4-5H2,1-3H3. The number of carbonyl (C=O) groups excluding carboxylic acids is 1. The van der Waals surface area contributed by atoms with E-state index in [0.29, 0.717) is 12.4 Å². The van der Waals surface area contributed by atoms with Crippen molar-refractivity contribution < 1.29 is 4.79 Å². The fourth-order valence-corrected chi connectivity index (χ4v) is 1.59. The summed E-state index contributed by atoms with van der Waals surface area (Å²) in [5, 5.41) is 0. The van der Waals surface area contributed by atoms with Gasteiger partial charge in [-0.1, -0.05) is 0 Å². The maximum atomic E-state index is 11.9. The van der Waals surface area contributed by atoms with Gasteiger partial charge in [-0.2, -0.15) is 0 Å². The molecule has 1 amide bonds. The average molecular weight is 230 g/mol. The zero-order valence-electron chi connectivity index (χ0n) is 9.27. The summed E-state index contributed by atoms with van der Waals surface area (Å²) in [6.45, 7) is 4.50. The van der Waals surface area contributed by atoms with Gasteiger partial charge >= 0.3 is 0 Å². The summed E-state index contributed by atoms with van der Waals surface area (Å²) in [7, 11) is 1.79. The minimum absolute atomic E-state index is 0.0712. The fourth-order valence-electron chi connectivity index (χ4n) is 1.38. The normalized spacial score (nSPS) is 12.5. The van der Waals surface area contributed by atoms with Gasteiger partial charge in [0.25, 0.3) is 0 Å². The molecule has 1 aromatic rings. The van der Waals surface area contributed by atoms with Crippen molar-refractivity contribution in [1.29, 1.82) is 0 Å². The molecular formula is C10H16ClN3O. The second kappa shape index (κ2) is 5.16. The number of likely N-dealkylation sites (N-methyl/N-ethyl adjacent to an activating group) is 1. The van der Waals surface area contributed by atoms with E-state index in [9.17, 15) is 4.79 Å². The molecule has 1 atom stereocenters. The lowest BCUT2D eigenvalue weighted by molar-refractivity contribution is -0.132. The minimum atomic E-state index is -0.244. The molecule has 5 heteroatoms. The Labute approximate surface area is 94.8 Å². The van der Waals surface area contributed by atoms with Crippen molar-refractivity contribution in [3.05, 3.63) is 18.2 Å². The van der Waals surface area contributed by atoms with Gasteiger partial charge in [0.1, 0.15) is 6.04 Å². The largest absolute Gasteiger partial charge is 0.344 e. The molecule has 0 spiro atoms. The molecule has 1 heterocycles. The first-order valence-electron chi connectivity index (χ1n) is 4.93. The number of hydrogen-bond acceptors (Lipinski definition) is 2. The third-order valence-electron chi connectivity index (χ3n) is 2.51. The van der Waals surface area contributed by atoms with E-state index in [4.69, 9.17) is 11.6 Å². The van der Waals surface area contributed by atoms with Crippen LogP contribution in [0.2, 0.25) is 0 Å².